The highest BCUT2D eigenvalue weighted by molar-refractivity contribution is 5.88. The minimum Gasteiger partial charge on any atom is -0.465 e. The number of carboxylic acid groups (broad SMARTS) is 1. The number of aryl methyl sites for hydroxylation is 1. The third-order valence-electron chi connectivity index (χ3n) is 10.7. The van der Waals surface area contributed by atoms with Gasteiger partial charge in [0, 0.05) is 31.9 Å². The SMILES string of the molecule is CCC(C)C(C(=O)NC(Cc1ccccc1)C(O)CC(Cc1ccccc1)NC(=O)C(C(C)CC)N1CCN(Cc2cccc(C)n2)C1=O)N(C)C(=O)O. The Labute approximate surface area is 319 Å². The summed E-state index contributed by atoms with van der Waals surface area (Å²) in [7, 11) is 1.38. The van der Waals surface area contributed by atoms with E-state index < -0.39 is 42.3 Å². The Hall–Kier alpha value is -4.97. The first-order chi connectivity index (χ1) is 25.8. The van der Waals surface area contributed by atoms with Crippen molar-refractivity contribution >= 4 is 23.9 Å². The first-order valence-corrected chi connectivity index (χ1v) is 19.1. The molecule has 5 amide bonds. The van der Waals surface area contributed by atoms with E-state index in [9.17, 15) is 29.4 Å². The number of rotatable bonds is 19. The van der Waals surface area contributed by atoms with Crippen LogP contribution >= 0.6 is 0 Å². The summed E-state index contributed by atoms with van der Waals surface area (Å²) in [6.45, 7) is 10.8. The second kappa shape index (κ2) is 19.9. The lowest BCUT2D eigenvalue weighted by molar-refractivity contribution is -0.130. The molecular weight excluding hydrogens is 684 g/mol. The molecule has 4 N–H and O–H groups in total. The average Bonchev–Trinajstić information content (AvgIpc) is 3.50. The molecule has 1 aromatic heterocycles. The number of nitrogens with one attached hydrogen (secondary N) is 2. The second-order valence-corrected chi connectivity index (χ2v) is 14.7. The predicted octanol–water partition coefficient (Wildman–Crippen LogP) is 5.27. The van der Waals surface area contributed by atoms with Crippen molar-refractivity contribution in [2.45, 2.75) is 104 Å². The summed E-state index contributed by atoms with van der Waals surface area (Å²) >= 11 is 0. The number of carbonyl (C=O) groups excluding carboxylic acids is 3. The minimum absolute atomic E-state index is 0.0908. The van der Waals surface area contributed by atoms with Gasteiger partial charge >= 0.3 is 12.1 Å². The summed E-state index contributed by atoms with van der Waals surface area (Å²) < 4.78 is 0. The molecule has 292 valence electrons. The van der Waals surface area contributed by atoms with E-state index in [4.69, 9.17) is 0 Å². The van der Waals surface area contributed by atoms with Crippen molar-refractivity contribution < 1.29 is 29.4 Å². The first-order valence-electron chi connectivity index (χ1n) is 19.1. The Morgan fingerprint density at radius 1 is 0.833 bits per heavy atom. The molecule has 12 nitrogen and oxygen atoms in total. The lowest BCUT2D eigenvalue weighted by atomic mass is 9.91. The lowest BCUT2D eigenvalue weighted by Crippen LogP contribution is -2.57. The molecule has 0 aliphatic carbocycles. The number of aliphatic hydroxyl groups is 1. The van der Waals surface area contributed by atoms with E-state index in [-0.39, 0.29) is 36.6 Å². The number of pyridine rings is 1. The number of carbonyl (C=O) groups is 4. The third-order valence-corrected chi connectivity index (χ3v) is 10.7. The van der Waals surface area contributed by atoms with Crippen LogP contribution in [0, 0.1) is 18.8 Å². The van der Waals surface area contributed by atoms with Crippen molar-refractivity contribution in [3.05, 3.63) is 101 Å². The monoisotopic (exact) mass is 742 g/mol. The van der Waals surface area contributed by atoms with Crippen LogP contribution in [0.15, 0.2) is 78.9 Å². The number of nitrogens with zero attached hydrogens (tertiary/aromatic N) is 4. The quantitative estimate of drug-likeness (QED) is 0.130. The number of amides is 5. The predicted molar refractivity (Wildman–Crippen MR) is 209 cm³/mol. The van der Waals surface area contributed by atoms with Crippen molar-refractivity contribution in [3.63, 3.8) is 0 Å². The van der Waals surface area contributed by atoms with E-state index in [1.165, 1.54) is 7.05 Å². The molecule has 2 heterocycles. The summed E-state index contributed by atoms with van der Waals surface area (Å²) in [6, 6.07) is 21.6. The number of likely N-dealkylation sites (N-methyl/N-ethyl adjacent to an activating group) is 1. The summed E-state index contributed by atoms with van der Waals surface area (Å²) in [5.74, 6) is -1.22. The van der Waals surface area contributed by atoms with Crippen molar-refractivity contribution in [2.75, 3.05) is 20.1 Å². The minimum atomic E-state index is -1.22. The van der Waals surface area contributed by atoms with E-state index in [1.54, 1.807) is 9.80 Å². The molecule has 2 aromatic carbocycles. The van der Waals surface area contributed by atoms with Gasteiger partial charge in [-0.3, -0.25) is 19.5 Å². The van der Waals surface area contributed by atoms with Gasteiger partial charge in [0.05, 0.1) is 24.4 Å². The standard InChI is InChI=1S/C42H58N6O6/c1-7-28(3)37(46(6)42(53)54)39(50)45-35(25-32-19-13-10-14-20-32)36(49)26-34(24-31-17-11-9-12-18-31)44-40(51)38(29(4)8-2)48-23-22-47(41(48)52)27-33-21-15-16-30(5)43-33/h9-21,28-29,34-38,49H,7-8,22-27H2,1-6H3,(H,44,51)(H,45,50)(H,53,54). The van der Waals surface area contributed by atoms with E-state index in [1.807, 2.05) is 113 Å². The smallest absolute Gasteiger partial charge is 0.407 e. The fourth-order valence-corrected chi connectivity index (χ4v) is 7.23. The number of hydrogen-bond donors (Lipinski definition) is 4. The molecule has 1 aliphatic heterocycles. The fraction of sp³-hybridized carbons (Fsp3) is 0.500. The molecular formula is C42H58N6O6. The van der Waals surface area contributed by atoms with Crippen LogP contribution < -0.4 is 10.6 Å². The van der Waals surface area contributed by atoms with Gasteiger partial charge in [-0.1, -0.05) is 107 Å². The van der Waals surface area contributed by atoms with Gasteiger partial charge in [-0.15, -0.1) is 0 Å². The van der Waals surface area contributed by atoms with Gasteiger partial charge in [0.2, 0.25) is 11.8 Å². The van der Waals surface area contributed by atoms with Gasteiger partial charge in [0.25, 0.3) is 0 Å². The molecule has 7 unspecified atom stereocenters. The Bertz CT molecular complexity index is 1680. The van der Waals surface area contributed by atoms with Crippen molar-refractivity contribution in [3.8, 4) is 0 Å². The molecule has 1 aliphatic rings. The van der Waals surface area contributed by atoms with Crippen molar-refractivity contribution in [1.82, 2.24) is 30.3 Å². The van der Waals surface area contributed by atoms with E-state index in [2.05, 4.69) is 15.6 Å². The number of hydrogen-bond acceptors (Lipinski definition) is 6. The number of aromatic nitrogens is 1. The van der Waals surface area contributed by atoms with Gasteiger partial charge in [0.1, 0.15) is 12.1 Å². The summed E-state index contributed by atoms with van der Waals surface area (Å²) in [4.78, 5) is 63.0. The summed E-state index contributed by atoms with van der Waals surface area (Å²) in [5, 5.41) is 28.0. The zero-order valence-electron chi connectivity index (χ0n) is 32.5. The Morgan fingerprint density at radius 3 is 2.02 bits per heavy atom. The molecule has 0 radical (unpaired) electrons. The van der Waals surface area contributed by atoms with Crippen molar-refractivity contribution in [2.24, 2.45) is 11.8 Å². The number of urea groups is 1. The van der Waals surface area contributed by atoms with E-state index in [0.29, 0.717) is 38.9 Å². The van der Waals surface area contributed by atoms with Crippen LogP contribution in [0.25, 0.3) is 0 Å². The van der Waals surface area contributed by atoms with Crippen LogP contribution in [0.5, 0.6) is 0 Å². The van der Waals surface area contributed by atoms with E-state index in [0.717, 1.165) is 27.4 Å². The maximum Gasteiger partial charge on any atom is 0.407 e. The van der Waals surface area contributed by atoms with Crippen LogP contribution in [0.4, 0.5) is 9.59 Å². The van der Waals surface area contributed by atoms with Gasteiger partial charge in [-0.05, 0) is 61.3 Å². The molecule has 54 heavy (non-hydrogen) atoms. The van der Waals surface area contributed by atoms with E-state index >= 15 is 0 Å². The Balaban J connectivity index is 1.59. The zero-order valence-corrected chi connectivity index (χ0v) is 32.5. The van der Waals surface area contributed by atoms with Crippen LogP contribution in [-0.4, -0.2) is 104 Å². The molecule has 0 bridgehead atoms. The van der Waals surface area contributed by atoms with Crippen molar-refractivity contribution in [1.29, 1.82) is 0 Å². The summed E-state index contributed by atoms with van der Waals surface area (Å²) in [5.41, 5.74) is 3.49. The van der Waals surface area contributed by atoms with Gasteiger partial charge in [-0.25, -0.2) is 9.59 Å². The molecule has 1 fully saturated rings. The third kappa shape index (κ3) is 11.3. The highest BCUT2D eigenvalue weighted by Gasteiger charge is 2.41. The average molecular weight is 743 g/mol. The molecule has 4 rings (SSSR count). The van der Waals surface area contributed by atoms with Crippen LogP contribution in [-0.2, 0) is 29.0 Å². The van der Waals surface area contributed by atoms with Crippen LogP contribution in [0.2, 0.25) is 0 Å². The number of benzene rings is 2. The first kappa shape index (κ1) is 41.8. The zero-order chi connectivity index (χ0) is 39.4. The Kier molecular flexibility index (Phi) is 15.4. The highest BCUT2D eigenvalue weighted by atomic mass is 16.4. The normalized spacial score (nSPS) is 16.8. The lowest BCUT2D eigenvalue weighted by Gasteiger charge is -2.35. The van der Waals surface area contributed by atoms with Crippen LogP contribution in [0.3, 0.4) is 0 Å². The molecule has 0 spiro atoms. The molecule has 0 saturated carbocycles. The topological polar surface area (TPSA) is 155 Å². The molecule has 7 atom stereocenters. The molecule has 3 aromatic rings. The molecule has 1 saturated heterocycles. The largest absolute Gasteiger partial charge is 0.465 e. The van der Waals surface area contributed by atoms with Gasteiger partial charge in [-0.2, -0.15) is 0 Å². The fourth-order valence-electron chi connectivity index (χ4n) is 7.23. The second-order valence-electron chi connectivity index (χ2n) is 14.7. The summed E-state index contributed by atoms with van der Waals surface area (Å²) in [6.07, 6.45) is -0.322. The van der Waals surface area contributed by atoms with Gasteiger partial charge in [0.15, 0.2) is 0 Å². The maximum atomic E-state index is 14.4. The van der Waals surface area contributed by atoms with Crippen LogP contribution in [0.1, 0.15) is 69.5 Å². The number of aliphatic hydroxyl groups excluding tert-OH is 1. The van der Waals surface area contributed by atoms with Gasteiger partial charge < -0.3 is 30.6 Å². The Morgan fingerprint density at radius 2 is 1.44 bits per heavy atom. The maximum absolute atomic E-state index is 14.4. The molecule has 12 heteroatoms. The highest BCUT2D eigenvalue weighted by Crippen LogP contribution is 2.24.